The third-order valence-corrected chi connectivity index (χ3v) is 4.56. The molecule has 6 nitrogen and oxygen atoms in total. The number of rotatable bonds is 3. The third-order valence-electron chi connectivity index (χ3n) is 4.56. The number of nitrogens with zero attached hydrogens (tertiary/aromatic N) is 1. The number of carbonyl (C=O) groups excluding carboxylic acids is 2. The van der Waals surface area contributed by atoms with Crippen LogP contribution in [0.1, 0.15) is 37.3 Å². The van der Waals surface area contributed by atoms with Crippen LogP contribution in [0, 0.1) is 6.92 Å². The minimum Gasteiger partial charge on any atom is -0.427 e. The summed E-state index contributed by atoms with van der Waals surface area (Å²) in [4.78, 5) is 37.7. The third kappa shape index (κ3) is 3.73. The molecule has 25 heavy (non-hydrogen) atoms. The van der Waals surface area contributed by atoms with E-state index in [-0.39, 0.29) is 12.3 Å². The summed E-state index contributed by atoms with van der Waals surface area (Å²) < 4.78 is 10.4. The van der Waals surface area contributed by atoms with Gasteiger partial charge in [0.2, 0.25) is 5.91 Å². The highest BCUT2D eigenvalue weighted by molar-refractivity contribution is 5.85. The molecule has 1 fully saturated rings. The Morgan fingerprint density at radius 1 is 1.20 bits per heavy atom. The van der Waals surface area contributed by atoms with Gasteiger partial charge in [-0.1, -0.05) is 0 Å². The van der Waals surface area contributed by atoms with Crippen LogP contribution in [0.25, 0.3) is 11.0 Å². The summed E-state index contributed by atoms with van der Waals surface area (Å²) in [5.41, 5.74) is 0.944. The highest BCUT2D eigenvalue weighted by Crippen LogP contribution is 2.25. The highest BCUT2D eigenvalue weighted by atomic mass is 16.5. The van der Waals surface area contributed by atoms with E-state index in [4.69, 9.17) is 9.15 Å². The van der Waals surface area contributed by atoms with Crippen molar-refractivity contribution in [1.29, 1.82) is 0 Å². The predicted octanol–water partition coefficient (Wildman–Crippen LogP) is 2.58. The molecule has 0 atom stereocenters. The summed E-state index contributed by atoms with van der Waals surface area (Å²) in [5, 5.41) is 0.733. The first-order chi connectivity index (χ1) is 12.0. The molecule has 0 bridgehead atoms. The molecule has 0 saturated carbocycles. The fraction of sp³-hybridized carbons (Fsp3) is 0.421. The van der Waals surface area contributed by atoms with Crippen LogP contribution in [-0.2, 0) is 16.0 Å². The zero-order valence-electron chi connectivity index (χ0n) is 14.5. The number of likely N-dealkylation sites (tertiary alicyclic amines) is 1. The molecule has 0 spiro atoms. The number of fused-ring (bicyclic) bond motifs is 1. The maximum atomic E-state index is 12.5. The van der Waals surface area contributed by atoms with Gasteiger partial charge in [-0.15, -0.1) is 0 Å². The smallest absolute Gasteiger partial charge is 0.340 e. The normalized spacial score (nSPS) is 14.6. The van der Waals surface area contributed by atoms with Gasteiger partial charge in [0.1, 0.15) is 11.3 Å². The van der Waals surface area contributed by atoms with Gasteiger partial charge in [0, 0.05) is 31.5 Å². The predicted molar refractivity (Wildman–Crippen MR) is 92.7 cm³/mol. The molecule has 1 saturated heterocycles. The summed E-state index contributed by atoms with van der Waals surface area (Å²) in [5.74, 6) is -0.159. The van der Waals surface area contributed by atoms with E-state index in [9.17, 15) is 14.4 Å². The van der Waals surface area contributed by atoms with Gasteiger partial charge in [0.25, 0.3) is 0 Å². The summed E-state index contributed by atoms with van der Waals surface area (Å²) >= 11 is 0. The molecule has 1 aliphatic rings. The fourth-order valence-corrected chi connectivity index (χ4v) is 3.21. The van der Waals surface area contributed by atoms with E-state index in [1.807, 2.05) is 11.8 Å². The van der Waals surface area contributed by atoms with Crippen molar-refractivity contribution in [3.05, 3.63) is 39.7 Å². The topological polar surface area (TPSA) is 76.8 Å². The number of hydrogen-bond acceptors (Lipinski definition) is 5. The first kappa shape index (κ1) is 17.2. The van der Waals surface area contributed by atoms with E-state index in [0.717, 1.165) is 43.3 Å². The number of esters is 1. The van der Waals surface area contributed by atoms with E-state index in [1.165, 1.54) is 13.0 Å². The van der Waals surface area contributed by atoms with Crippen LogP contribution in [-0.4, -0.2) is 29.9 Å². The first-order valence-electron chi connectivity index (χ1n) is 8.48. The minimum atomic E-state index is -0.518. The van der Waals surface area contributed by atoms with Crippen LogP contribution in [0.3, 0.4) is 0 Å². The van der Waals surface area contributed by atoms with Crippen LogP contribution in [0.2, 0.25) is 0 Å². The maximum Gasteiger partial charge on any atom is 0.340 e. The Hall–Kier alpha value is -2.63. The first-order valence-corrected chi connectivity index (χ1v) is 8.48. The standard InChI is InChI=1S/C19H21NO5/c1-12-15-7-6-14(24-13(2)21)10-17(15)25-19(23)16(12)11-18(22)20-8-4-3-5-9-20/h6-7,10H,3-5,8-9,11H2,1-2H3. The van der Waals surface area contributed by atoms with Crippen LogP contribution in [0.4, 0.5) is 0 Å². The van der Waals surface area contributed by atoms with Gasteiger partial charge >= 0.3 is 11.6 Å². The SMILES string of the molecule is CC(=O)Oc1ccc2c(C)c(CC(=O)N3CCCCC3)c(=O)oc2c1. The summed E-state index contributed by atoms with van der Waals surface area (Å²) in [6.45, 7) is 4.62. The Labute approximate surface area is 145 Å². The van der Waals surface area contributed by atoms with Crippen molar-refractivity contribution < 1.29 is 18.7 Å². The van der Waals surface area contributed by atoms with Gasteiger partial charge in [-0.05, 0) is 43.9 Å². The van der Waals surface area contributed by atoms with Gasteiger partial charge in [-0.25, -0.2) is 4.79 Å². The number of aryl methyl sites for hydroxylation is 1. The van der Waals surface area contributed by atoms with Crippen molar-refractivity contribution in [2.75, 3.05) is 13.1 Å². The van der Waals surface area contributed by atoms with Crippen molar-refractivity contribution >= 4 is 22.8 Å². The molecule has 0 aliphatic carbocycles. The van der Waals surface area contributed by atoms with E-state index in [1.54, 1.807) is 12.1 Å². The Morgan fingerprint density at radius 2 is 1.92 bits per heavy atom. The average Bonchev–Trinajstić information content (AvgIpc) is 2.58. The van der Waals surface area contributed by atoms with Crippen LogP contribution in [0.15, 0.2) is 27.4 Å². The van der Waals surface area contributed by atoms with Gasteiger partial charge in [-0.2, -0.15) is 0 Å². The van der Waals surface area contributed by atoms with Crippen molar-refractivity contribution in [3.8, 4) is 5.75 Å². The number of benzene rings is 1. The van der Waals surface area contributed by atoms with Crippen molar-refractivity contribution in [3.63, 3.8) is 0 Å². The van der Waals surface area contributed by atoms with Crippen molar-refractivity contribution in [1.82, 2.24) is 4.90 Å². The molecule has 0 radical (unpaired) electrons. The zero-order chi connectivity index (χ0) is 18.0. The number of ether oxygens (including phenoxy) is 1. The summed E-state index contributed by atoms with van der Waals surface area (Å²) in [7, 11) is 0. The lowest BCUT2D eigenvalue weighted by Gasteiger charge is -2.26. The second kappa shape index (κ2) is 7.09. The second-order valence-corrected chi connectivity index (χ2v) is 6.36. The van der Waals surface area contributed by atoms with Gasteiger partial charge in [0.15, 0.2) is 0 Å². The minimum absolute atomic E-state index is 0.0361. The van der Waals surface area contributed by atoms with E-state index in [0.29, 0.717) is 16.9 Å². The Kier molecular flexibility index (Phi) is 4.88. The molecule has 1 aliphatic heterocycles. The average molecular weight is 343 g/mol. The van der Waals surface area contributed by atoms with E-state index in [2.05, 4.69) is 0 Å². The molecule has 0 unspecified atom stereocenters. The highest BCUT2D eigenvalue weighted by Gasteiger charge is 2.21. The van der Waals surface area contributed by atoms with Crippen molar-refractivity contribution in [2.24, 2.45) is 0 Å². The lowest BCUT2D eigenvalue weighted by atomic mass is 10.0. The van der Waals surface area contributed by atoms with Crippen LogP contribution < -0.4 is 10.4 Å². The summed E-state index contributed by atoms with van der Waals surface area (Å²) in [6, 6.07) is 4.90. The monoisotopic (exact) mass is 343 g/mol. The Morgan fingerprint density at radius 3 is 2.60 bits per heavy atom. The lowest BCUT2D eigenvalue weighted by Crippen LogP contribution is -2.37. The van der Waals surface area contributed by atoms with Gasteiger partial charge < -0.3 is 14.1 Å². The largest absolute Gasteiger partial charge is 0.427 e. The molecule has 3 rings (SSSR count). The number of amides is 1. The lowest BCUT2D eigenvalue weighted by molar-refractivity contribution is -0.132. The molecule has 2 heterocycles. The molecule has 2 aromatic rings. The van der Waals surface area contributed by atoms with Crippen LogP contribution in [0.5, 0.6) is 5.75 Å². The summed E-state index contributed by atoms with van der Waals surface area (Å²) in [6.07, 6.45) is 3.22. The van der Waals surface area contributed by atoms with Crippen LogP contribution >= 0.6 is 0 Å². The molecular weight excluding hydrogens is 322 g/mol. The molecule has 1 amide bonds. The molecule has 1 aromatic heterocycles. The molecule has 0 N–H and O–H groups in total. The number of hydrogen-bond donors (Lipinski definition) is 0. The Balaban J connectivity index is 1.92. The number of piperidine rings is 1. The molecule has 1 aromatic carbocycles. The van der Waals surface area contributed by atoms with Crippen molar-refractivity contribution in [2.45, 2.75) is 39.5 Å². The maximum absolute atomic E-state index is 12.5. The van der Waals surface area contributed by atoms with Gasteiger partial charge in [0.05, 0.1) is 12.0 Å². The fourth-order valence-electron chi connectivity index (χ4n) is 3.21. The van der Waals surface area contributed by atoms with E-state index < -0.39 is 11.6 Å². The molecular formula is C19H21NO5. The molecule has 132 valence electrons. The number of carbonyl (C=O) groups is 2. The quantitative estimate of drug-likeness (QED) is 0.486. The van der Waals surface area contributed by atoms with E-state index >= 15 is 0 Å². The second-order valence-electron chi connectivity index (χ2n) is 6.36. The Bertz CT molecular complexity index is 877. The van der Waals surface area contributed by atoms with Gasteiger partial charge in [-0.3, -0.25) is 9.59 Å². The zero-order valence-corrected chi connectivity index (χ0v) is 14.5. The molecule has 6 heteroatoms.